The van der Waals surface area contributed by atoms with Gasteiger partial charge in [0.2, 0.25) is 0 Å². The lowest BCUT2D eigenvalue weighted by Gasteiger charge is -2.11. The fourth-order valence-corrected chi connectivity index (χ4v) is 2.84. The Labute approximate surface area is 184 Å². The second-order valence-electron chi connectivity index (χ2n) is 6.57. The Kier molecular flexibility index (Phi) is 6.84. The summed E-state index contributed by atoms with van der Waals surface area (Å²) in [6.45, 7) is -0.0708. The minimum Gasteiger partial charge on any atom is -0.380 e. The molecule has 0 aliphatic carbocycles. The number of carbonyl (C=O) groups excluding carboxylic acids is 1. The molecule has 0 radical (unpaired) electrons. The lowest BCUT2D eigenvalue weighted by Crippen LogP contribution is -2.22. The summed E-state index contributed by atoms with van der Waals surface area (Å²) in [6, 6.07) is 14.2. The second kappa shape index (κ2) is 9.56. The summed E-state index contributed by atoms with van der Waals surface area (Å²) in [5, 5.41) is 6.40. The van der Waals surface area contributed by atoms with Gasteiger partial charge in [0.1, 0.15) is 0 Å². The SMILES string of the molecule is NC(=NOC(=O)Nc1cccc(Cl)c1)c1ccc(Cn2cc(C(F)(F)F)ccc2=O)cc1. The van der Waals surface area contributed by atoms with Crippen molar-refractivity contribution in [2.75, 3.05) is 5.32 Å². The molecule has 1 heterocycles. The van der Waals surface area contributed by atoms with Crippen LogP contribution in [0.2, 0.25) is 5.02 Å². The van der Waals surface area contributed by atoms with E-state index in [-0.39, 0.29) is 12.4 Å². The number of pyridine rings is 1. The van der Waals surface area contributed by atoms with Crippen LogP contribution in [-0.4, -0.2) is 16.5 Å². The first-order valence-corrected chi connectivity index (χ1v) is 9.43. The van der Waals surface area contributed by atoms with Crippen LogP contribution in [0.3, 0.4) is 0 Å². The molecule has 32 heavy (non-hydrogen) atoms. The number of oxime groups is 1. The van der Waals surface area contributed by atoms with Crippen LogP contribution in [0.1, 0.15) is 16.7 Å². The Bertz CT molecular complexity index is 1210. The largest absolute Gasteiger partial charge is 0.437 e. The van der Waals surface area contributed by atoms with E-state index in [1.807, 2.05) is 0 Å². The van der Waals surface area contributed by atoms with E-state index >= 15 is 0 Å². The smallest absolute Gasteiger partial charge is 0.380 e. The number of amidine groups is 1. The van der Waals surface area contributed by atoms with Gasteiger partial charge in [-0.25, -0.2) is 4.79 Å². The third kappa shape index (κ3) is 6.11. The summed E-state index contributed by atoms with van der Waals surface area (Å²) in [5.74, 6) is -0.103. The van der Waals surface area contributed by atoms with Gasteiger partial charge in [0, 0.05) is 28.5 Å². The van der Waals surface area contributed by atoms with Crippen molar-refractivity contribution in [3.63, 3.8) is 0 Å². The van der Waals surface area contributed by atoms with Gasteiger partial charge in [-0.2, -0.15) is 13.2 Å². The topological polar surface area (TPSA) is 98.7 Å². The van der Waals surface area contributed by atoms with Crippen LogP contribution < -0.4 is 16.6 Å². The number of carbonyl (C=O) groups is 1. The maximum absolute atomic E-state index is 12.9. The average Bonchev–Trinajstić information content (AvgIpc) is 2.73. The number of rotatable bonds is 5. The molecule has 11 heteroatoms. The molecule has 0 saturated carbocycles. The maximum Gasteiger partial charge on any atom is 0.437 e. The van der Waals surface area contributed by atoms with Gasteiger partial charge in [0.15, 0.2) is 5.84 Å². The van der Waals surface area contributed by atoms with Crippen molar-refractivity contribution in [3.8, 4) is 0 Å². The molecule has 1 amide bonds. The number of nitrogens with zero attached hydrogens (tertiary/aromatic N) is 2. The number of hydrogen-bond acceptors (Lipinski definition) is 4. The van der Waals surface area contributed by atoms with E-state index in [9.17, 15) is 22.8 Å². The number of nitrogens with one attached hydrogen (secondary N) is 1. The Balaban J connectivity index is 1.65. The third-order valence-electron chi connectivity index (χ3n) is 4.21. The van der Waals surface area contributed by atoms with Crippen molar-refractivity contribution in [1.82, 2.24) is 4.57 Å². The van der Waals surface area contributed by atoms with Crippen molar-refractivity contribution in [2.24, 2.45) is 10.9 Å². The molecule has 0 fully saturated rings. The fraction of sp³-hybridized carbons (Fsp3) is 0.0952. The van der Waals surface area contributed by atoms with E-state index in [2.05, 4.69) is 10.5 Å². The minimum atomic E-state index is -4.55. The molecule has 3 rings (SSSR count). The standard InChI is InChI=1S/C21H16ClF3N4O3/c22-16-2-1-3-17(10-16)27-20(31)32-28-19(26)14-6-4-13(5-7-14)11-29-12-15(21(23,24)25)8-9-18(29)30/h1-10,12H,11H2,(H2,26,28)(H,27,31). The van der Waals surface area contributed by atoms with E-state index in [1.165, 1.54) is 18.2 Å². The lowest BCUT2D eigenvalue weighted by atomic mass is 10.1. The molecular formula is C21H16ClF3N4O3. The molecule has 0 aliphatic rings. The molecule has 0 saturated heterocycles. The summed E-state index contributed by atoms with van der Waals surface area (Å²) in [7, 11) is 0. The van der Waals surface area contributed by atoms with Gasteiger partial charge in [-0.15, -0.1) is 0 Å². The zero-order valence-electron chi connectivity index (χ0n) is 16.3. The Hall–Kier alpha value is -3.79. The summed E-state index contributed by atoms with van der Waals surface area (Å²) in [6.07, 6.45) is -4.67. The summed E-state index contributed by atoms with van der Waals surface area (Å²) in [4.78, 5) is 28.4. The van der Waals surface area contributed by atoms with Crippen molar-refractivity contribution in [1.29, 1.82) is 0 Å². The molecule has 3 N–H and O–H groups in total. The third-order valence-corrected chi connectivity index (χ3v) is 4.45. The van der Waals surface area contributed by atoms with Crippen LogP contribution in [0.5, 0.6) is 0 Å². The highest BCUT2D eigenvalue weighted by Gasteiger charge is 2.31. The van der Waals surface area contributed by atoms with E-state index in [0.717, 1.165) is 22.9 Å². The molecule has 0 aliphatic heterocycles. The molecule has 166 valence electrons. The van der Waals surface area contributed by atoms with Crippen molar-refractivity contribution >= 4 is 29.2 Å². The van der Waals surface area contributed by atoms with Crippen LogP contribution in [-0.2, 0) is 17.6 Å². The Morgan fingerprint density at radius 3 is 2.50 bits per heavy atom. The highest BCUT2D eigenvalue weighted by Crippen LogP contribution is 2.28. The van der Waals surface area contributed by atoms with E-state index in [4.69, 9.17) is 22.2 Å². The summed E-state index contributed by atoms with van der Waals surface area (Å²) >= 11 is 5.83. The highest BCUT2D eigenvalue weighted by atomic mass is 35.5. The van der Waals surface area contributed by atoms with Crippen LogP contribution >= 0.6 is 11.6 Å². The first-order valence-electron chi connectivity index (χ1n) is 9.06. The van der Waals surface area contributed by atoms with Crippen molar-refractivity contribution < 1.29 is 22.8 Å². The molecule has 0 unspecified atom stereocenters. The van der Waals surface area contributed by atoms with Gasteiger partial charge in [-0.3, -0.25) is 14.9 Å². The zero-order valence-corrected chi connectivity index (χ0v) is 17.0. The fourth-order valence-electron chi connectivity index (χ4n) is 2.65. The van der Waals surface area contributed by atoms with Gasteiger partial charge >= 0.3 is 12.3 Å². The van der Waals surface area contributed by atoms with Crippen LogP contribution in [0, 0.1) is 0 Å². The summed E-state index contributed by atoms with van der Waals surface area (Å²) < 4.78 is 39.5. The van der Waals surface area contributed by atoms with E-state index < -0.39 is 23.4 Å². The monoisotopic (exact) mass is 464 g/mol. The zero-order chi connectivity index (χ0) is 23.3. The predicted octanol–water partition coefficient (Wildman–Crippen LogP) is 4.44. The molecule has 2 aromatic carbocycles. The van der Waals surface area contributed by atoms with Crippen molar-refractivity contribution in [2.45, 2.75) is 12.7 Å². The van der Waals surface area contributed by atoms with Gasteiger partial charge in [-0.05, 0) is 29.8 Å². The molecule has 0 bridgehead atoms. The number of alkyl halides is 3. The van der Waals surface area contributed by atoms with Gasteiger partial charge in [0.05, 0.1) is 12.1 Å². The first-order chi connectivity index (χ1) is 15.1. The number of anilines is 1. The van der Waals surface area contributed by atoms with Crippen LogP contribution in [0.4, 0.5) is 23.7 Å². The Morgan fingerprint density at radius 1 is 1.12 bits per heavy atom. The molecule has 1 aromatic heterocycles. The number of halogens is 4. The molecule has 3 aromatic rings. The predicted molar refractivity (Wildman–Crippen MR) is 114 cm³/mol. The average molecular weight is 465 g/mol. The Morgan fingerprint density at radius 2 is 1.84 bits per heavy atom. The number of nitrogens with two attached hydrogens (primary N) is 1. The van der Waals surface area contributed by atoms with Gasteiger partial charge in [-0.1, -0.05) is 47.1 Å². The minimum absolute atomic E-state index is 0.0708. The van der Waals surface area contributed by atoms with Crippen LogP contribution in [0.25, 0.3) is 0 Å². The number of benzene rings is 2. The maximum atomic E-state index is 12.9. The first kappa shape index (κ1) is 22.9. The van der Waals surface area contributed by atoms with Gasteiger partial charge in [0.25, 0.3) is 5.56 Å². The van der Waals surface area contributed by atoms with Crippen molar-refractivity contribution in [3.05, 3.63) is 98.9 Å². The van der Waals surface area contributed by atoms with Crippen LogP contribution in [0.15, 0.2) is 76.8 Å². The van der Waals surface area contributed by atoms with E-state index in [1.54, 1.807) is 30.3 Å². The normalized spacial score (nSPS) is 11.8. The lowest BCUT2D eigenvalue weighted by molar-refractivity contribution is -0.138. The number of aromatic nitrogens is 1. The van der Waals surface area contributed by atoms with Gasteiger partial charge < -0.3 is 10.3 Å². The number of amides is 1. The molecule has 7 nitrogen and oxygen atoms in total. The highest BCUT2D eigenvalue weighted by molar-refractivity contribution is 6.30. The second-order valence-corrected chi connectivity index (χ2v) is 7.01. The number of hydrogen-bond donors (Lipinski definition) is 2. The molecule has 0 atom stereocenters. The quantitative estimate of drug-likeness (QED) is 0.252. The van der Waals surface area contributed by atoms with E-state index in [0.29, 0.717) is 21.8 Å². The summed E-state index contributed by atoms with van der Waals surface area (Å²) in [5.41, 5.74) is 5.68. The molecular weight excluding hydrogens is 449 g/mol. The molecule has 0 spiro atoms.